The Morgan fingerprint density at radius 2 is 2.36 bits per heavy atom. The number of hydrogen-bond acceptors (Lipinski definition) is 6. The Kier molecular flexibility index (Phi) is 4.44. The molecule has 22 heavy (non-hydrogen) atoms. The number of nitrogens with one attached hydrogen (secondary N) is 1. The lowest BCUT2D eigenvalue weighted by atomic mass is 10.1. The first-order valence-corrected chi connectivity index (χ1v) is 8.28. The fourth-order valence-electron chi connectivity index (χ4n) is 2.78. The number of thiazole rings is 1. The lowest BCUT2D eigenvalue weighted by Crippen LogP contribution is -2.26. The molecule has 0 spiro atoms. The van der Waals surface area contributed by atoms with E-state index >= 15 is 0 Å². The summed E-state index contributed by atoms with van der Waals surface area (Å²) in [7, 11) is 2.12. The van der Waals surface area contributed by atoms with Crippen LogP contribution in [-0.4, -0.2) is 39.4 Å². The Hall–Kier alpha value is -1.86. The molecule has 7 heteroatoms. The van der Waals surface area contributed by atoms with E-state index in [4.69, 9.17) is 0 Å². The van der Waals surface area contributed by atoms with Gasteiger partial charge in [-0.1, -0.05) is 0 Å². The van der Waals surface area contributed by atoms with Crippen LogP contribution in [0.2, 0.25) is 0 Å². The molecule has 1 amide bonds. The Morgan fingerprint density at radius 1 is 1.50 bits per heavy atom. The molecule has 0 bridgehead atoms. The van der Waals surface area contributed by atoms with Gasteiger partial charge < -0.3 is 5.32 Å². The Morgan fingerprint density at radius 3 is 3.05 bits per heavy atom. The summed E-state index contributed by atoms with van der Waals surface area (Å²) in [4.78, 5) is 27.3. The highest BCUT2D eigenvalue weighted by atomic mass is 32.1. The van der Waals surface area contributed by atoms with E-state index in [1.165, 1.54) is 17.8 Å². The van der Waals surface area contributed by atoms with Gasteiger partial charge in [-0.05, 0) is 33.4 Å². The van der Waals surface area contributed by atoms with Crippen LogP contribution in [0.25, 0.3) is 0 Å². The highest BCUT2D eigenvalue weighted by Crippen LogP contribution is 2.30. The standard InChI is InChI=1S/C15H19N5OS/c1-10-16-6-11(7-17-15(21)12-8-22-9-18-12)14(19-10)13-4-3-5-20(13)2/h6,8-9,13H,3-5,7H2,1-2H3,(H,17,21)/t13-/m0/s1. The summed E-state index contributed by atoms with van der Waals surface area (Å²) in [6.07, 6.45) is 4.10. The smallest absolute Gasteiger partial charge is 0.271 e. The van der Waals surface area contributed by atoms with Gasteiger partial charge in [-0.2, -0.15) is 0 Å². The SMILES string of the molecule is Cc1ncc(CNC(=O)c2cscn2)c([C@@H]2CCCN2C)n1. The average Bonchev–Trinajstić information content (AvgIpc) is 3.17. The van der Waals surface area contributed by atoms with Gasteiger partial charge in [0, 0.05) is 23.7 Å². The Labute approximate surface area is 133 Å². The van der Waals surface area contributed by atoms with E-state index in [1.54, 1.807) is 10.9 Å². The van der Waals surface area contributed by atoms with Crippen LogP contribution in [0.4, 0.5) is 0 Å². The van der Waals surface area contributed by atoms with Gasteiger partial charge >= 0.3 is 0 Å². The van der Waals surface area contributed by atoms with E-state index in [0.29, 0.717) is 18.3 Å². The summed E-state index contributed by atoms with van der Waals surface area (Å²) in [5, 5.41) is 4.65. The number of carbonyl (C=O) groups is 1. The van der Waals surface area contributed by atoms with Crippen LogP contribution in [-0.2, 0) is 6.54 Å². The van der Waals surface area contributed by atoms with Gasteiger partial charge in [0.15, 0.2) is 0 Å². The van der Waals surface area contributed by atoms with Gasteiger partial charge in [0.25, 0.3) is 5.91 Å². The van der Waals surface area contributed by atoms with Crippen LogP contribution in [0.3, 0.4) is 0 Å². The minimum Gasteiger partial charge on any atom is -0.346 e. The van der Waals surface area contributed by atoms with E-state index in [9.17, 15) is 4.79 Å². The van der Waals surface area contributed by atoms with Crippen molar-refractivity contribution in [2.75, 3.05) is 13.6 Å². The van der Waals surface area contributed by atoms with Gasteiger partial charge in [-0.3, -0.25) is 9.69 Å². The molecule has 0 unspecified atom stereocenters. The van der Waals surface area contributed by atoms with Gasteiger partial charge in [0.1, 0.15) is 11.5 Å². The predicted octanol–water partition coefficient (Wildman–Crippen LogP) is 1.94. The molecule has 2 aromatic rings. The van der Waals surface area contributed by atoms with Gasteiger partial charge in [-0.15, -0.1) is 11.3 Å². The topological polar surface area (TPSA) is 71.0 Å². The van der Waals surface area contributed by atoms with Crippen molar-refractivity contribution in [3.8, 4) is 0 Å². The van der Waals surface area contributed by atoms with Crippen LogP contribution < -0.4 is 5.32 Å². The maximum atomic E-state index is 12.0. The zero-order chi connectivity index (χ0) is 15.5. The Balaban J connectivity index is 1.77. The largest absolute Gasteiger partial charge is 0.346 e. The number of hydrogen-bond donors (Lipinski definition) is 1. The first-order valence-electron chi connectivity index (χ1n) is 7.34. The Bertz CT molecular complexity index is 658. The third-order valence-electron chi connectivity index (χ3n) is 3.96. The molecule has 2 aromatic heterocycles. The zero-order valence-electron chi connectivity index (χ0n) is 12.7. The molecule has 0 aliphatic carbocycles. The number of nitrogens with zero attached hydrogens (tertiary/aromatic N) is 4. The molecule has 1 atom stereocenters. The molecular formula is C15H19N5OS. The van der Waals surface area contributed by atoms with E-state index in [2.05, 4.69) is 32.2 Å². The number of rotatable bonds is 4. The molecule has 6 nitrogen and oxygen atoms in total. The summed E-state index contributed by atoms with van der Waals surface area (Å²) in [6, 6.07) is 0.313. The van der Waals surface area contributed by atoms with Crippen LogP contribution in [0.5, 0.6) is 0 Å². The zero-order valence-corrected chi connectivity index (χ0v) is 13.6. The van der Waals surface area contributed by atoms with Crippen molar-refractivity contribution in [2.24, 2.45) is 0 Å². The first-order chi connectivity index (χ1) is 10.6. The number of carbonyl (C=O) groups excluding carboxylic acids is 1. The first kappa shape index (κ1) is 15.1. The van der Waals surface area contributed by atoms with E-state index in [0.717, 1.165) is 30.0 Å². The van der Waals surface area contributed by atoms with E-state index in [1.807, 2.05) is 13.1 Å². The van der Waals surface area contributed by atoms with E-state index in [-0.39, 0.29) is 5.91 Å². The highest BCUT2D eigenvalue weighted by molar-refractivity contribution is 7.07. The highest BCUT2D eigenvalue weighted by Gasteiger charge is 2.26. The van der Waals surface area contributed by atoms with Gasteiger partial charge in [0.05, 0.1) is 17.2 Å². The molecule has 3 heterocycles. The molecule has 1 aliphatic rings. The van der Waals surface area contributed by atoms with Crippen molar-refractivity contribution >= 4 is 17.2 Å². The van der Waals surface area contributed by atoms with Gasteiger partial charge in [-0.25, -0.2) is 15.0 Å². The van der Waals surface area contributed by atoms with Crippen LogP contribution in [0.15, 0.2) is 17.1 Å². The fraction of sp³-hybridized carbons (Fsp3) is 0.467. The maximum absolute atomic E-state index is 12.0. The van der Waals surface area contributed by atoms with Crippen molar-refractivity contribution in [1.82, 2.24) is 25.2 Å². The molecule has 0 radical (unpaired) electrons. The molecule has 1 aliphatic heterocycles. The van der Waals surface area contributed by atoms with Crippen LogP contribution in [0.1, 0.15) is 46.5 Å². The summed E-state index contributed by atoms with van der Waals surface area (Å²) in [5.74, 6) is 0.609. The van der Waals surface area contributed by atoms with Crippen LogP contribution >= 0.6 is 11.3 Å². The van der Waals surface area contributed by atoms with Gasteiger partial charge in [0.2, 0.25) is 0 Å². The second-order valence-corrected chi connectivity index (χ2v) is 6.24. The van der Waals surface area contributed by atoms with Crippen molar-refractivity contribution in [3.05, 3.63) is 39.9 Å². The van der Waals surface area contributed by atoms with Crippen molar-refractivity contribution in [3.63, 3.8) is 0 Å². The summed E-state index contributed by atoms with van der Waals surface area (Å²) >= 11 is 1.41. The molecule has 116 valence electrons. The summed E-state index contributed by atoms with van der Waals surface area (Å²) < 4.78 is 0. The van der Waals surface area contributed by atoms with Crippen molar-refractivity contribution in [1.29, 1.82) is 0 Å². The number of likely N-dealkylation sites (tertiary alicyclic amines) is 1. The second-order valence-electron chi connectivity index (χ2n) is 5.52. The number of amides is 1. The monoisotopic (exact) mass is 317 g/mol. The quantitative estimate of drug-likeness (QED) is 0.933. The van der Waals surface area contributed by atoms with Crippen molar-refractivity contribution in [2.45, 2.75) is 32.4 Å². The van der Waals surface area contributed by atoms with Crippen LogP contribution in [0, 0.1) is 6.92 Å². The molecule has 0 aromatic carbocycles. The molecule has 3 rings (SSSR count). The minimum atomic E-state index is -0.160. The summed E-state index contributed by atoms with van der Waals surface area (Å²) in [5.41, 5.74) is 4.12. The third-order valence-corrected chi connectivity index (χ3v) is 4.55. The average molecular weight is 317 g/mol. The molecule has 1 N–H and O–H groups in total. The third kappa shape index (κ3) is 3.15. The maximum Gasteiger partial charge on any atom is 0.271 e. The predicted molar refractivity (Wildman–Crippen MR) is 84.7 cm³/mol. The van der Waals surface area contributed by atoms with E-state index < -0.39 is 0 Å². The fourth-order valence-corrected chi connectivity index (χ4v) is 3.32. The minimum absolute atomic E-state index is 0.160. The molecular weight excluding hydrogens is 298 g/mol. The number of aromatic nitrogens is 3. The second kappa shape index (κ2) is 6.50. The number of aryl methyl sites for hydroxylation is 1. The lowest BCUT2D eigenvalue weighted by Gasteiger charge is -2.21. The molecule has 1 saturated heterocycles. The lowest BCUT2D eigenvalue weighted by molar-refractivity contribution is 0.0946. The molecule has 1 fully saturated rings. The normalized spacial score (nSPS) is 18.5. The van der Waals surface area contributed by atoms with Crippen molar-refractivity contribution < 1.29 is 4.79 Å². The summed E-state index contributed by atoms with van der Waals surface area (Å²) in [6.45, 7) is 3.41. The molecule has 0 saturated carbocycles.